The van der Waals surface area contributed by atoms with E-state index in [4.69, 9.17) is 4.74 Å². The molecule has 1 saturated carbocycles. The zero-order valence-corrected chi connectivity index (χ0v) is 14.9. The van der Waals surface area contributed by atoms with Crippen molar-refractivity contribution in [2.45, 2.75) is 50.8 Å². The van der Waals surface area contributed by atoms with Gasteiger partial charge in [0, 0.05) is 18.4 Å². The fraction of sp³-hybridized carbons (Fsp3) is 0.429. The molecule has 1 aromatic heterocycles. The molecule has 136 valence electrons. The van der Waals surface area contributed by atoms with E-state index < -0.39 is 0 Å². The Morgan fingerprint density at radius 2 is 1.96 bits per heavy atom. The molecule has 26 heavy (non-hydrogen) atoms. The Morgan fingerprint density at radius 3 is 2.69 bits per heavy atom. The van der Waals surface area contributed by atoms with E-state index in [1.54, 1.807) is 6.20 Å². The highest BCUT2D eigenvalue weighted by Crippen LogP contribution is 2.27. The number of nitrogens with one attached hydrogen (secondary N) is 1. The van der Waals surface area contributed by atoms with Crippen molar-refractivity contribution in [1.29, 1.82) is 0 Å². The van der Waals surface area contributed by atoms with Crippen LogP contribution in [0.25, 0.3) is 0 Å². The summed E-state index contributed by atoms with van der Waals surface area (Å²) in [5.41, 5.74) is 1.83. The predicted molar refractivity (Wildman–Crippen MR) is 101 cm³/mol. The highest BCUT2D eigenvalue weighted by Gasteiger charge is 2.29. The lowest BCUT2D eigenvalue weighted by molar-refractivity contribution is -0.122. The SMILES string of the molecule is O=C(Nc1ccc(OC2CC2)cc1)[C@H]1CCCCN1Cc1ccccn1. The summed E-state index contributed by atoms with van der Waals surface area (Å²) in [6.45, 7) is 1.65. The molecular formula is C21H25N3O2. The summed E-state index contributed by atoms with van der Waals surface area (Å²) in [4.78, 5) is 19.5. The first-order valence-electron chi connectivity index (χ1n) is 9.49. The number of hydrogen-bond donors (Lipinski definition) is 1. The molecule has 5 heteroatoms. The maximum atomic E-state index is 12.8. The molecule has 4 rings (SSSR count). The van der Waals surface area contributed by atoms with Crippen molar-refractivity contribution < 1.29 is 9.53 Å². The molecule has 1 N–H and O–H groups in total. The third-order valence-electron chi connectivity index (χ3n) is 4.96. The van der Waals surface area contributed by atoms with E-state index in [-0.39, 0.29) is 11.9 Å². The van der Waals surface area contributed by atoms with Crippen LogP contribution in [-0.2, 0) is 11.3 Å². The Hall–Kier alpha value is -2.40. The third kappa shape index (κ3) is 4.41. The molecule has 0 unspecified atom stereocenters. The average molecular weight is 351 g/mol. The fourth-order valence-electron chi connectivity index (χ4n) is 3.40. The maximum absolute atomic E-state index is 12.8. The van der Waals surface area contributed by atoms with Crippen LogP contribution in [0.15, 0.2) is 48.7 Å². The van der Waals surface area contributed by atoms with Crippen LogP contribution >= 0.6 is 0 Å². The predicted octanol–water partition coefficient (Wildman–Crippen LogP) is 3.62. The van der Waals surface area contributed by atoms with Crippen LogP contribution in [0.3, 0.4) is 0 Å². The topological polar surface area (TPSA) is 54.5 Å². The van der Waals surface area contributed by atoms with Crippen LogP contribution in [-0.4, -0.2) is 34.5 Å². The van der Waals surface area contributed by atoms with Gasteiger partial charge in [-0.3, -0.25) is 14.7 Å². The maximum Gasteiger partial charge on any atom is 0.241 e. The zero-order valence-electron chi connectivity index (χ0n) is 14.9. The van der Waals surface area contributed by atoms with Crippen molar-refractivity contribution in [3.05, 3.63) is 54.4 Å². The Morgan fingerprint density at radius 1 is 1.12 bits per heavy atom. The summed E-state index contributed by atoms with van der Waals surface area (Å²) >= 11 is 0. The van der Waals surface area contributed by atoms with Crippen LogP contribution < -0.4 is 10.1 Å². The van der Waals surface area contributed by atoms with Crippen LogP contribution in [0.1, 0.15) is 37.8 Å². The van der Waals surface area contributed by atoms with Crippen molar-refractivity contribution in [2.24, 2.45) is 0 Å². The number of ether oxygens (including phenoxy) is 1. The lowest BCUT2D eigenvalue weighted by atomic mass is 10.0. The Bertz CT molecular complexity index is 729. The highest BCUT2D eigenvalue weighted by molar-refractivity contribution is 5.94. The number of hydrogen-bond acceptors (Lipinski definition) is 4. The first-order valence-corrected chi connectivity index (χ1v) is 9.49. The number of anilines is 1. The van der Waals surface area contributed by atoms with Gasteiger partial charge in [-0.15, -0.1) is 0 Å². The largest absolute Gasteiger partial charge is 0.490 e. The van der Waals surface area contributed by atoms with Crippen LogP contribution in [0.4, 0.5) is 5.69 Å². The Kier molecular flexibility index (Phi) is 5.16. The van der Waals surface area contributed by atoms with Gasteiger partial charge in [0.2, 0.25) is 5.91 Å². The second-order valence-corrected chi connectivity index (χ2v) is 7.13. The van der Waals surface area contributed by atoms with Gasteiger partial charge in [-0.2, -0.15) is 0 Å². The van der Waals surface area contributed by atoms with Gasteiger partial charge in [-0.1, -0.05) is 12.5 Å². The molecule has 2 heterocycles. The number of amides is 1. The van der Waals surface area contributed by atoms with Crippen molar-refractivity contribution in [3.8, 4) is 5.75 Å². The summed E-state index contributed by atoms with van der Waals surface area (Å²) in [5, 5.41) is 3.07. The molecule has 2 fully saturated rings. The number of likely N-dealkylation sites (tertiary alicyclic amines) is 1. The second-order valence-electron chi connectivity index (χ2n) is 7.13. The first kappa shape index (κ1) is 17.0. The number of piperidine rings is 1. The number of nitrogens with zero attached hydrogens (tertiary/aromatic N) is 2. The van der Waals surface area contributed by atoms with Gasteiger partial charge in [0.1, 0.15) is 5.75 Å². The lowest BCUT2D eigenvalue weighted by Gasteiger charge is -2.34. The van der Waals surface area contributed by atoms with Crippen LogP contribution in [0.5, 0.6) is 5.75 Å². The minimum Gasteiger partial charge on any atom is -0.490 e. The molecule has 1 aliphatic carbocycles. The lowest BCUT2D eigenvalue weighted by Crippen LogP contribution is -2.46. The van der Waals surface area contributed by atoms with Gasteiger partial charge in [0.05, 0.1) is 17.8 Å². The molecule has 0 spiro atoms. The molecule has 0 radical (unpaired) electrons. The number of rotatable bonds is 6. The van der Waals surface area contributed by atoms with Gasteiger partial charge in [0.15, 0.2) is 0 Å². The van der Waals surface area contributed by atoms with E-state index in [0.717, 1.165) is 55.8 Å². The molecule has 2 aromatic rings. The summed E-state index contributed by atoms with van der Waals surface area (Å²) < 4.78 is 5.76. The second kappa shape index (κ2) is 7.87. The number of aromatic nitrogens is 1. The molecule has 1 aromatic carbocycles. The quantitative estimate of drug-likeness (QED) is 0.864. The molecule has 1 amide bonds. The molecule has 1 aliphatic heterocycles. The van der Waals surface area contributed by atoms with E-state index in [2.05, 4.69) is 15.2 Å². The van der Waals surface area contributed by atoms with Gasteiger partial charge >= 0.3 is 0 Å². The van der Waals surface area contributed by atoms with Crippen molar-refractivity contribution in [3.63, 3.8) is 0 Å². The van der Waals surface area contributed by atoms with Crippen molar-refractivity contribution in [1.82, 2.24) is 9.88 Å². The highest BCUT2D eigenvalue weighted by atomic mass is 16.5. The van der Waals surface area contributed by atoms with Gasteiger partial charge in [-0.05, 0) is 68.6 Å². The van der Waals surface area contributed by atoms with E-state index >= 15 is 0 Å². The molecule has 1 saturated heterocycles. The monoisotopic (exact) mass is 351 g/mol. The number of carbonyl (C=O) groups is 1. The smallest absolute Gasteiger partial charge is 0.241 e. The third-order valence-corrected chi connectivity index (χ3v) is 4.96. The minimum absolute atomic E-state index is 0.0662. The molecule has 0 bridgehead atoms. The van der Waals surface area contributed by atoms with Gasteiger partial charge in [0.25, 0.3) is 0 Å². The molecule has 5 nitrogen and oxygen atoms in total. The van der Waals surface area contributed by atoms with Crippen molar-refractivity contribution >= 4 is 11.6 Å². The Labute approximate surface area is 154 Å². The zero-order chi connectivity index (χ0) is 17.8. The van der Waals surface area contributed by atoms with E-state index in [0.29, 0.717) is 12.6 Å². The van der Waals surface area contributed by atoms with Crippen molar-refractivity contribution in [2.75, 3.05) is 11.9 Å². The normalized spacial score (nSPS) is 20.5. The van der Waals surface area contributed by atoms with Gasteiger partial charge < -0.3 is 10.1 Å². The number of benzene rings is 1. The summed E-state index contributed by atoms with van der Waals surface area (Å²) in [5.74, 6) is 0.941. The molecule has 2 aliphatic rings. The Balaban J connectivity index is 1.38. The van der Waals surface area contributed by atoms with E-state index in [9.17, 15) is 4.79 Å². The summed E-state index contributed by atoms with van der Waals surface area (Å²) in [7, 11) is 0. The molecular weight excluding hydrogens is 326 g/mol. The molecule has 1 atom stereocenters. The van der Waals surface area contributed by atoms with E-state index in [1.165, 1.54) is 0 Å². The van der Waals surface area contributed by atoms with Crippen LogP contribution in [0.2, 0.25) is 0 Å². The average Bonchev–Trinajstić information content (AvgIpc) is 3.49. The van der Waals surface area contributed by atoms with E-state index in [1.807, 2.05) is 42.5 Å². The van der Waals surface area contributed by atoms with Gasteiger partial charge in [-0.25, -0.2) is 0 Å². The summed E-state index contributed by atoms with van der Waals surface area (Å²) in [6, 6.07) is 13.5. The summed E-state index contributed by atoms with van der Waals surface area (Å²) in [6.07, 6.45) is 7.59. The minimum atomic E-state index is -0.104. The fourth-order valence-corrected chi connectivity index (χ4v) is 3.40. The first-order chi connectivity index (χ1) is 12.8. The standard InChI is InChI=1S/C21H25N3O2/c25-21(23-16-7-9-18(10-8-16)26-19-11-12-19)20-6-2-4-14-24(20)15-17-5-1-3-13-22-17/h1,3,5,7-10,13,19-20H,2,4,6,11-12,14-15H2,(H,23,25)/t20-/m1/s1. The van der Waals surface area contributed by atoms with Crippen LogP contribution in [0, 0.1) is 0 Å². The number of carbonyl (C=O) groups excluding carboxylic acids is 1. The number of pyridine rings is 1.